The fourth-order valence-corrected chi connectivity index (χ4v) is 7.19. The molecule has 4 aromatic heterocycles. The summed E-state index contributed by atoms with van der Waals surface area (Å²) in [6, 6.07) is 9.95. The highest BCUT2D eigenvalue weighted by Gasteiger charge is 2.41. The van der Waals surface area contributed by atoms with Crippen molar-refractivity contribution in [2.45, 2.75) is 90.6 Å². The minimum atomic E-state index is -0.678. The molecule has 1 aromatic carbocycles. The molecule has 1 unspecified atom stereocenters. The Kier molecular flexibility index (Phi) is 14.6. The van der Waals surface area contributed by atoms with Crippen LogP contribution in [-0.4, -0.2) is 97.8 Å². The highest BCUT2D eigenvalue weighted by atomic mass is 16.5. The molecule has 61 heavy (non-hydrogen) atoms. The Hall–Kier alpha value is -6.52. The number of rotatable bonds is 16. The molecule has 5 aromatic rings. The van der Waals surface area contributed by atoms with Crippen molar-refractivity contribution < 1.29 is 42.4 Å². The van der Waals surface area contributed by atoms with Crippen molar-refractivity contribution in [3.05, 3.63) is 101 Å². The average Bonchev–Trinajstić information content (AvgIpc) is 4.15. The summed E-state index contributed by atoms with van der Waals surface area (Å²) in [5, 5.41) is 8.11. The average molecular weight is 837 g/mol. The number of aromatic nitrogens is 6. The van der Waals surface area contributed by atoms with Crippen LogP contribution in [0.1, 0.15) is 110 Å². The summed E-state index contributed by atoms with van der Waals surface area (Å²) >= 11 is 0. The van der Waals surface area contributed by atoms with E-state index in [2.05, 4.69) is 30.2 Å². The fourth-order valence-electron chi connectivity index (χ4n) is 7.19. The van der Waals surface area contributed by atoms with Gasteiger partial charge < -0.3 is 33.1 Å². The topological polar surface area (TPSA) is 206 Å². The molecule has 2 aliphatic rings. The lowest BCUT2D eigenvalue weighted by atomic mass is 9.84. The van der Waals surface area contributed by atoms with Crippen LogP contribution in [0.2, 0.25) is 0 Å². The van der Waals surface area contributed by atoms with Crippen LogP contribution in [0.3, 0.4) is 0 Å². The number of carbonyl (C=O) groups is 4. The summed E-state index contributed by atoms with van der Waals surface area (Å²) < 4.78 is 26.8. The second-order valence-electron chi connectivity index (χ2n) is 15.4. The van der Waals surface area contributed by atoms with Crippen LogP contribution in [0.5, 0.6) is 17.2 Å². The van der Waals surface area contributed by atoms with Gasteiger partial charge in [0.05, 0.1) is 21.3 Å². The van der Waals surface area contributed by atoms with E-state index in [9.17, 15) is 19.2 Å². The first kappa shape index (κ1) is 44.0. The van der Waals surface area contributed by atoms with E-state index < -0.39 is 29.1 Å². The number of hydrogen-bond donors (Lipinski definition) is 0. The zero-order chi connectivity index (χ0) is 43.5. The highest BCUT2D eigenvalue weighted by molar-refractivity contribution is 6.43. The van der Waals surface area contributed by atoms with Gasteiger partial charge in [-0.2, -0.15) is 9.97 Å². The summed E-state index contributed by atoms with van der Waals surface area (Å²) in [6.07, 6.45) is 13.3. The Balaban J connectivity index is 0.000000210. The monoisotopic (exact) mass is 836 g/mol. The van der Waals surface area contributed by atoms with E-state index in [1.54, 1.807) is 23.5 Å². The Morgan fingerprint density at radius 2 is 1.21 bits per heavy atom. The van der Waals surface area contributed by atoms with E-state index >= 15 is 0 Å². The number of ketones is 2. The largest absolute Gasteiger partial charge is 0.493 e. The van der Waals surface area contributed by atoms with Gasteiger partial charge in [0, 0.05) is 61.7 Å². The molecule has 0 bridgehead atoms. The molecule has 0 saturated carbocycles. The number of carbonyl (C=O) groups excluding carboxylic acids is 4. The van der Waals surface area contributed by atoms with Gasteiger partial charge in [-0.3, -0.25) is 29.1 Å². The molecule has 322 valence electrons. The number of benzene rings is 1. The number of ether oxygens (including phenoxy) is 3. The number of nitrogens with zero attached hydrogens (tertiary/aromatic N) is 8. The minimum absolute atomic E-state index is 0.146. The van der Waals surface area contributed by atoms with Crippen molar-refractivity contribution in [1.29, 1.82) is 0 Å². The van der Waals surface area contributed by atoms with Gasteiger partial charge in [-0.1, -0.05) is 43.2 Å². The van der Waals surface area contributed by atoms with E-state index in [1.165, 1.54) is 38.4 Å². The number of methoxy groups -OCH3 is 3. The predicted molar refractivity (Wildman–Crippen MR) is 219 cm³/mol. The van der Waals surface area contributed by atoms with Crippen LogP contribution in [0.15, 0.2) is 70.2 Å². The van der Waals surface area contributed by atoms with Gasteiger partial charge in [0.25, 0.3) is 17.6 Å². The van der Waals surface area contributed by atoms with Crippen LogP contribution in [0.25, 0.3) is 0 Å². The maximum atomic E-state index is 13.2. The molecule has 6 heterocycles. The fraction of sp³-hybridized carbons (Fsp3) is 0.455. The number of amides is 2. The predicted octanol–water partition coefficient (Wildman–Crippen LogP) is 5.74. The van der Waals surface area contributed by atoms with E-state index in [4.69, 9.17) is 23.3 Å². The third-order valence-corrected chi connectivity index (χ3v) is 11.1. The van der Waals surface area contributed by atoms with Crippen LogP contribution in [-0.2, 0) is 40.1 Å². The molecule has 2 aliphatic heterocycles. The van der Waals surface area contributed by atoms with E-state index in [0.29, 0.717) is 79.5 Å². The Morgan fingerprint density at radius 3 is 1.64 bits per heavy atom. The third kappa shape index (κ3) is 10.4. The lowest BCUT2D eigenvalue weighted by Gasteiger charge is -2.26. The number of pyridine rings is 2. The standard InChI is InChI=1S/C24H26N4O6.C20H26N4O3/c1-31-18-12-16(13-19(32-2)22(18)33-3)21(29)24(30)28-11-5-7-17(28)23-26-20(27-34-23)9-8-15-6-4-10-25-14-15;1-4-20(2,3)17(25)19(26)24-12-6-8-15(24)18-22-16(23-27-18)10-9-14-7-5-11-21-13-14/h4,6,10,12-14,17H,5,7-9,11H2,1-3H3;5,7,11,13,15H,4,6,8-10,12H2,1-3H3/t17-;/m0./s1. The molecular formula is C44H52N8O9. The van der Waals surface area contributed by atoms with Crippen LogP contribution >= 0.6 is 0 Å². The molecule has 7 rings (SSSR count). The van der Waals surface area contributed by atoms with Gasteiger partial charge in [-0.15, -0.1) is 0 Å². The molecule has 2 fully saturated rings. The molecule has 17 heteroatoms. The van der Waals surface area contributed by atoms with Crippen molar-refractivity contribution in [2.75, 3.05) is 34.4 Å². The zero-order valence-corrected chi connectivity index (χ0v) is 35.5. The third-order valence-electron chi connectivity index (χ3n) is 11.1. The molecule has 2 amide bonds. The van der Waals surface area contributed by atoms with Gasteiger partial charge in [-0.25, -0.2) is 0 Å². The second-order valence-corrected chi connectivity index (χ2v) is 15.4. The highest BCUT2D eigenvalue weighted by Crippen LogP contribution is 2.39. The van der Waals surface area contributed by atoms with Crippen molar-refractivity contribution in [3.8, 4) is 17.2 Å². The molecule has 2 saturated heterocycles. The minimum Gasteiger partial charge on any atom is -0.493 e. The van der Waals surface area contributed by atoms with Crippen molar-refractivity contribution in [2.24, 2.45) is 5.41 Å². The Bertz CT molecular complexity index is 2250. The van der Waals surface area contributed by atoms with Crippen LogP contribution < -0.4 is 14.2 Å². The molecular weight excluding hydrogens is 785 g/mol. The summed E-state index contributed by atoms with van der Waals surface area (Å²) in [4.78, 5) is 71.8. The first-order valence-corrected chi connectivity index (χ1v) is 20.4. The number of likely N-dealkylation sites (tertiary alicyclic amines) is 2. The van der Waals surface area contributed by atoms with E-state index in [0.717, 1.165) is 43.2 Å². The quantitative estimate of drug-likeness (QED) is 0.0858. The summed E-state index contributed by atoms with van der Waals surface area (Å²) in [5.41, 5.74) is 1.66. The van der Waals surface area contributed by atoms with Gasteiger partial charge >= 0.3 is 0 Å². The van der Waals surface area contributed by atoms with E-state index in [1.807, 2.05) is 51.2 Å². The Labute approximate surface area is 354 Å². The molecule has 0 N–H and O–H groups in total. The van der Waals surface area contributed by atoms with E-state index in [-0.39, 0.29) is 17.4 Å². The van der Waals surface area contributed by atoms with Crippen molar-refractivity contribution in [1.82, 2.24) is 40.0 Å². The van der Waals surface area contributed by atoms with Gasteiger partial charge in [0.1, 0.15) is 12.1 Å². The molecule has 0 spiro atoms. The normalized spacial score (nSPS) is 16.2. The summed E-state index contributed by atoms with van der Waals surface area (Å²) in [7, 11) is 4.37. The van der Waals surface area contributed by atoms with Gasteiger partial charge in [0.2, 0.25) is 23.3 Å². The summed E-state index contributed by atoms with van der Waals surface area (Å²) in [5.74, 6) is 0.730. The first-order chi connectivity index (χ1) is 29.5. The molecule has 2 atom stereocenters. The zero-order valence-electron chi connectivity index (χ0n) is 35.5. The Morgan fingerprint density at radius 1 is 0.721 bits per heavy atom. The maximum Gasteiger partial charge on any atom is 0.295 e. The molecule has 17 nitrogen and oxygen atoms in total. The van der Waals surface area contributed by atoms with Crippen molar-refractivity contribution >= 4 is 23.4 Å². The van der Waals surface area contributed by atoms with Crippen LogP contribution in [0, 0.1) is 5.41 Å². The van der Waals surface area contributed by atoms with Crippen LogP contribution in [0.4, 0.5) is 0 Å². The SMILES string of the molecule is CCC(C)(C)C(=O)C(=O)N1CCCC1c1nc(CCc2cccnc2)no1.COc1cc(C(=O)C(=O)N2CCC[C@H]2c2nc(CCc3cccnc3)no2)cc(OC)c1OC. The lowest BCUT2D eigenvalue weighted by molar-refractivity contribution is -0.150. The first-order valence-electron chi connectivity index (χ1n) is 20.4. The second kappa shape index (κ2) is 20.2. The van der Waals surface area contributed by atoms with Gasteiger partial charge in [-0.05, 0) is 80.3 Å². The smallest absolute Gasteiger partial charge is 0.295 e. The number of Topliss-reactive ketones (excluding diaryl/α,β-unsaturated/α-hetero) is 2. The molecule has 0 radical (unpaired) electrons. The van der Waals surface area contributed by atoms with Crippen molar-refractivity contribution in [3.63, 3.8) is 0 Å². The summed E-state index contributed by atoms with van der Waals surface area (Å²) in [6.45, 7) is 6.50. The lowest BCUT2D eigenvalue weighted by Crippen LogP contribution is -2.42. The molecule has 0 aliphatic carbocycles. The maximum absolute atomic E-state index is 13.2. The van der Waals surface area contributed by atoms with Gasteiger partial charge in [0.15, 0.2) is 23.1 Å². The number of hydrogen-bond acceptors (Lipinski definition) is 15. The number of aryl methyl sites for hydroxylation is 4.